The van der Waals surface area contributed by atoms with Crippen molar-refractivity contribution in [1.29, 1.82) is 0 Å². The van der Waals surface area contributed by atoms with Crippen LogP contribution in [0.1, 0.15) is 18.2 Å². The van der Waals surface area contributed by atoms with Gasteiger partial charge in [0.15, 0.2) is 0 Å². The molecule has 0 amide bonds. The lowest BCUT2D eigenvalue weighted by atomic mass is 10.3. The molecule has 0 saturated carbocycles. The lowest BCUT2D eigenvalue weighted by molar-refractivity contribution is 0.183. The first-order chi connectivity index (χ1) is 6.74. The van der Waals surface area contributed by atoms with E-state index in [1.165, 1.54) is 4.88 Å². The molecule has 1 rings (SSSR count). The average molecular weight is 215 g/mol. The molecule has 0 spiro atoms. The van der Waals surface area contributed by atoms with Gasteiger partial charge in [0.25, 0.3) is 0 Å². The summed E-state index contributed by atoms with van der Waals surface area (Å²) in [4.78, 5) is 1.21. The van der Waals surface area contributed by atoms with E-state index >= 15 is 0 Å². The Labute approximate surface area is 88.7 Å². The Balaban J connectivity index is 2.24. The molecule has 0 aromatic carbocycles. The first-order valence-corrected chi connectivity index (χ1v) is 5.61. The lowest BCUT2D eigenvalue weighted by Crippen LogP contribution is -2.18. The van der Waals surface area contributed by atoms with Crippen molar-refractivity contribution in [2.24, 2.45) is 0 Å². The van der Waals surface area contributed by atoms with Crippen molar-refractivity contribution >= 4 is 11.3 Å². The molecule has 3 nitrogen and oxygen atoms in total. The highest BCUT2D eigenvalue weighted by atomic mass is 32.1. The molecule has 1 heterocycles. The van der Waals surface area contributed by atoms with Crippen LogP contribution >= 0.6 is 11.3 Å². The van der Waals surface area contributed by atoms with Crippen LogP contribution in [0.5, 0.6) is 5.75 Å². The summed E-state index contributed by atoms with van der Waals surface area (Å²) in [6.45, 7) is 3.44. The maximum atomic E-state index is 9.05. The van der Waals surface area contributed by atoms with Crippen LogP contribution in [0.15, 0.2) is 11.4 Å². The van der Waals surface area contributed by atoms with Gasteiger partial charge >= 0.3 is 0 Å². The monoisotopic (exact) mass is 215 g/mol. The number of nitrogens with one attached hydrogen (secondary N) is 1. The standard InChI is InChI=1S/C10H17NO2S/c1-8(12)3-5-11-7-10-9(13-2)4-6-14-10/h4,6,8,11-12H,3,5,7H2,1-2H3. The Morgan fingerprint density at radius 1 is 1.64 bits per heavy atom. The zero-order valence-corrected chi connectivity index (χ0v) is 9.43. The molecule has 0 aliphatic rings. The molecule has 0 fully saturated rings. The summed E-state index contributed by atoms with van der Waals surface area (Å²) in [7, 11) is 1.68. The van der Waals surface area contributed by atoms with Crippen LogP contribution in [0.4, 0.5) is 0 Å². The molecule has 0 saturated heterocycles. The summed E-state index contributed by atoms with van der Waals surface area (Å²) in [5, 5.41) is 14.3. The summed E-state index contributed by atoms with van der Waals surface area (Å²) in [5.41, 5.74) is 0. The van der Waals surface area contributed by atoms with Crippen molar-refractivity contribution < 1.29 is 9.84 Å². The first kappa shape index (κ1) is 11.5. The molecular weight excluding hydrogens is 198 g/mol. The van der Waals surface area contributed by atoms with Crippen LogP contribution in [0.25, 0.3) is 0 Å². The third kappa shape index (κ3) is 3.65. The van der Waals surface area contributed by atoms with Gasteiger partial charge in [-0.25, -0.2) is 0 Å². The first-order valence-electron chi connectivity index (χ1n) is 4.73. The summed E-state index contributed by atoms with van der Waals surface area (Å²) in [6.07, 6.45) is 0.556. The third-order valence-electron chi connectivity index (χ3n) is 1.95. The van der Waals surface area contributed by atoms with Gasteiger partial charge in [0.1, 0.15) is 5.75 Å². The van der Waals surface area contributed by atoms with Crippen LogP contribution in [-0.4, -0.2) is 24.9 Å². The summed E-state index contributed by atoms with van der Waals surface area (Å²) in [5.74, 6) is 0.944. The number of thiophene rings is 1. The van der Waals surface area contributed by atoms with Gasteiger partial charge in [0.2, 0.25) is 0 Å². The van der Waals surface area contributed by atoms with Crippen LogP contribution in [0.3, 0.4) is 0 Å². The van der Waals surface area contributed by atoms with Gasteiger partial charge in [0, 0.05) is 6.54 Å². The van der Waals surface area contributed by atoms with Crippen LogP contribution < -0.4 is 10.1 Å². The number of ether oxygens (including phenoxy) is 1. The molecule has 1 aromatic heterocycles. The van der Waals surface area contributed by atoms with Crippen molar-refractivity contribution in [3.63, 3.8) is 0 Å². The van der Waals surface area contributed by atoms with Crippen molar-refractivity contribution in [3.05, 3.63) is 16.3 Å². The second-order valence-electron chi connectivity index (χ2n) is 3.23. The second kappa shape index (κ2) is 6.01. The molecule has 0 radical (unpaired) electrons. The Bertz CT molecular complexity index is 260. The molecule has 4 heteroatoms. The Hall–Kier alpha value is -0.580. The van der Waals surface area contributed by atoms with Crippen LogP contribution in [0.2, 0.25) is 0 Å². The van der Waals surface area contributed by atoms with Crippen LogP contribution in [0, 0.1) is 0 Å². The van der Waals surface area contributed by atoms with Crippen molar-refractivity contribution in [3.8, 4) is 5.75 Å². The molecule has 0 bridgehead atoms. The number of rotatable bonds is 6. The van der Waals surface area contributed by atoms with E-state index in [0.717, 1.165) is 25.3 Å². The van der Waals surface area contributed by atoms with Gasteiger partial charge in [-0.1, -0.05) is 0 Å². The molecule has 0 aliphatic carbocycles. The molecular formula is C10H17NO2S. The van der Waals surface area contributed by atoms with Gasteiger partial charge in [-0.3, -0.25) is 0 Å². The Kier molecular flexibility index (Phi) is 4.93. The SMILES string of the molecule is COc1ccsc1CNCCC(C)O. The van der Waals surface area contributed by atoms with E-state index < -0.39 is 0 Å². The van der Waals surface area contributed by atoms with E-state index in [0.29, 0.717) is 0 Å². The van der Waals surface area contributed by atoms with Gasteiger partial charge in [-0.15, -0.1) is 11.3 Å². The molecule has 2 N–H and O–H groups in total. The highest BCUT2D eigenvalue weighted by Gasteiger charge is 2.03. The fraction of sp³-hybridized carbons (Fsp3) is 0.600. The van der Waals surface area contributed by atoms with E-state index in [9.17, 15) is 0 Å². The molecule has 0 aliphatic heterocycles. The van der Waals surface area contributed by atoms with E-state index in [1.807, 2.05) is 11.4 Å². The van der Waals surface area contributed by atoms with Gasteiger partial charge in [-0.05, 0) is 31.3 Å². The van der Waals surface area contributed by atoms with Crippen LogP contribution in [-0.2, 0) is 6.54 Å². The minimum atomic E-state index is -0.229. The fourth-order valence-corrected chi connectivity index (χ4v) is 1.96. The van der Waals surface area contributed by atoms with Gasteiger partial charge in [0.05, 0.1) is 18.1 Å². The maximum Gasteiger partial charge on any atom is 0.134 e. The predicted molar refractivity (Wildman–Crippen MR) is 58.9 cm³/mol. The topological polar surface area (TPSA) is 41.5 Å². The number of hydrogen-bond acceptors (Lipinski definition) is 4. The smallest absolute Gasteiger partial charge is 0.134 e. The lowest BCUT2D eigenvalue weighted by Gasteiger charge is -2.06. The van der Waals surface area contributed by atoms with E-state index in [2.05, 4.69) is 5.32 Å². The van der Waals surface area contributed by atoms with Crippen molar-refractivity contribution in [2.75, 3.05) is 13.7 Å². The third-order valence-corrected chi connectivity index (χ3v) is 2.85. The molecule has 1 atom stereocenters. The largest absolute Gasteiger partial charge is 0.496 e. The highest BCUT2D eigenvalue weighted by Crippen LogP contribution is 2.23. The van der Waals surface area contributed by atoms with Gasteiger partial charge in [-0.2, -0.15) is 0 Å². The van der Waals surface area contributed by atoms with Gasteiger partial charge < -0.3 is 15.2 Å². The van der Waals surface area contributed by atoms with Crippen molar-refractivity contribution in [2.45, 2.75) is 26.0 Å². The number of aliphatic hydroxyl groups excluding tert-OH is 1. The number of hydrogen-bond donors (Lipinski definition) is 2. The normalized spacial score (nSPS) is 12.8. The zero-order chi connectivity index (χ0) is 10.4. The second-order valence-corrected chi connectivity index (χ2v) is 4.23. The van der Waals surface area contributed by atoms with E-state index in [4.69, 9.17) is 9.84 Å². The molecule has 14 heavy (non-hydrogen) atoms. The minimum absolute atomic E-state index is 0.229. The predicted octanol–water partition coefficient (Wildman–Crippen LogP) is 1.62. The maximum absolute atomic E-state index is 9.05. The Morgan fingerprint density at radius 2 is 2.43 bits per heavy atom. The van der Waals surface area contributed by atoms with E-state index in [1.54, 1.807) is 25.4 Å². The molecule has 1 aromatic rings. The average Bonchev–Trinajstić information content (AvgIpc) is 2.59. The van der Waals surface area contributed by atoms with E-state index in [-0.39, 0.29) is 6.10 Å². The number of methoxy groups -OCH3 is 1. The number of aliphatic hydroxyl groups is 1. The van der Waals surface area contributed by atoms with Crippen molar-refractivity contribution in [1.82, 2.24) is 5.32 Å². The summed E-state index contributed by atoms with van der Waals surface area (Å²) in [6, 6.07) is 1.97. The highest BCUT2D eigenvalue weighted by molar-refractivity contribution is 7.10. The summed E-state index contributed by atoms with van der Waals surface area (Å²) < 4.78 is 5.18. The minimum Gasteiger partial charge on any atom is -0.496 e. The molecule has 1 unspecified atom stereocenters. The zero-order valence-electron chi connectivity index (χ0n) is 8.62. The quantitative estimate of drug-likeness (QED) is 0.708. The fourth-order valence-electron chi connectivity index (χ4n) is 1.15. The Morgan fingerprint density at radius 3 is 3.07 bits per heavy atom. The summed E-state index contributed by atoms with van der Waals surface area (Å²) >= 11 is 1.68. The molecule has 80 valence electrons.